The molecular weight excluding hydrogens is 1360 g/mol. The summed E-state index contributed by atoms with van der Waals surface area (Å²) in [5.41, 5.74) is 15.8. The molecule has 0 radical (unpaired) electrons. The highest BCUT2D eigenvalue weighted by Gasteiger charge is 2.53. The van der Waals surface area contributed by atoms with Crippen molar-refractivity contribution in [3.05, 3.63) is 323 Å². The number of benzene rings is 10. The molecule has 0 bridgehead atoms. The second-order valence-corrected chi connectivity index (χ2v) is 30.5. The molecule has 2 saturated heterocycles. The van der Waals surface area contributed by atoms with Gasteiger partial charge in [-0.1, -0.05) is 318 Å². The van der Waals surface area contributed by atoms with Gasteiger partial charge in [0.2, 0.25) is 0 Å². The predicted octanol–water partition coefficient (Wildman–Crippen LogP) is 20.3. The van der Waals surface area contributed by atoms with Crippen LogP contribution in [-0.4, -0.2) is 66.5 Å². The summed E-state index contributed by atoms with van der Waals surface area (Å²) in [6, 6.07) is 99.0. The van der Waals surface area contributed by atoms with Gasteiger partial charge in [-0.15, -0.1) is 0 Å². The van der Waals surface area contributed by atoms with Crippen LogP contribution in [0.5, 0.6) is 0 Å². The van der Waals surface area contributed by atoms with Crippen molar-refractivity contribution in [1.29, 1.82) is 15.8 Å². The van der Waals surface area contributed by atoms with Gasteiger partial charge >= 0.3 is 14.2 Å². The van der Waals surface area contributed by atoms with E-state index in [-0.39, 0.29) is 52.6 Å². The Labute approximate surface area is 645 Å². The molecule has 16 heteroatoms. The fourth-order valence-corrected chi connectivity index (χ4v) is 13.4. The first-order valence-electron chi connectivity index (χ1n) is 36.4. The van der Waals surface area contributed by atoms with Gasteiger partial charge in [0.1, 0.15) is 34.9 Å². The second-order valence-electron chi connectivity index (χ2n) is 30.2. The molecule has 536 valence electrons. The van der Waals surface area contributed by atoms with E-state index in [0.717, 1.165) is 66.6 Å². The van der Waals surface area contributed by atoms with Crippen molar-refractivity contribution in [2.75, 3.05) is 0 Å². The van der Waals surface area contributed by atoms with E-state index < -0.39 is 0 Å². The zero-order valence-electron chi connectivity index (χ0n) is 63.2. The predicted molar refractivity (Wildman–Crippen MR) is 437 cm³/mol. The van der Waals surface area contributed by atoms with Crippen molar-refractivity contribution in [3.8, 4) is 109 Å². The van der Waals surface area contributed by atoms with Gasteiger partial charge in [-0.3, -0.25) is 0 Å². The third-order valence-electron chi connectivity index (χ3n) is 21.3. The van der Waals surface area contributed by atoms with Gasteiger partial charge in [0.15, 0.2) is 22.6 Å². The lowest BCUT2D eigenvalue weighted by Gasteiger charge is -2.32. The van der Waals surface area contributed by atoms with Gasteiger partial charge in [-0.25, -0.2) is 29.9 Å². The Bertz CT molecular complexity index is 5220. The number of halogens is 1. The van der Waals surface area contributed by atoms with E-state index in [4.69, 9.17) is 50.2 Å². The number of hydrogen-bond donors (Lipinski definition) is 0. The van der Waals surface area contributed by atoms with Crippen LogP contribution in [0.4, 0.5) is 0 Å². The number of aromatic nitrogens is 6. The molecule has 0 amide bonds. The number of rotatable bonds is 14. The van der Waals surface area contributed by atoms with Gasteiger partial charge in [0, 0.05) is 55.3 Å². The molecule has 2 fully saturated rings. The Morgan fingerprint density at radius 3 is 0.716 bits per heavy atom. The third-order valence-corrected chi connectivity index (χ3v) is 21.6. The van der Waals surface area contributed by atoms with E-state index in [9.17, 15) is 15.8 Å². The van der Waals surface area contributed by atoms with Crippen molar-refractivity contribution in [2.24, 2.45) is 0 Å². The molecule has 15 rings (SSSR count). The fraction of sp³-hybridized carbons (Fsp3) is 0.194. The monoisotopic (exact) mass is 1450 g/mol. The van der Waals surface area contributed by atoms with Crippen molar-refractivity contribution in [3.63, 3.8) is 0 Å². The summed E-state index contributed by atoms with van der Waals surface area (Å²) in [5.74, 6) is 1.64. The van der Waals surface area contributed by atoms with Crippen LogP contribution in [-0.2, 0) is 29.4 Å². The molecule has 0 aliphatic carbocycles. The standard InChI is InChI=1S/C49H34N6.C27H38B2O4.C17H10ClN3/c1-49(2,39-27-23-35(24-28-39)45-41(31-50)43(33-15-7-3-8-16-33)52-47(54-45)37-19-11-5-12-20-37)40-29-25-36(26-30-40)46-42(32-51)44(34-17-9-4-10-18-34)53-48(55-46)38-21-13-6-14-22-38;1-23(2,19-11-15-21(16-12-19)28-30-24(3,4)25(5,6)31-28)20-13-17-22(18-14-20)29-32-26(7,8)27(9,10)33-29;18-16-14(11-19)15(12-7-3-1-4-8-12)20-17(21-16)13-9-5-2-6-10-13/h3-30H,1-2H3;11-18H,1-10H3;1-10H. The van der Waals surface area contributed by atoms with Crippen LogP contribution in [0.2, 0.25) is 5.15 Å². The van der Waals surface area contributed by atoms with E-state index in [2.05, 4.69) is 184 Å². The van der Waals surface area contributed by atoms with Gasteiger partial charge in [-0.2, -0.15) is 15.8 Å². The summed E-state index contributed by atoms with van der Waals surface area (Å²) in [5, 5.41) is 30.4. The summed E-state index contributed by atoms with van der Waals surface area (Å²) in [7, 11) is -0.683. The quantitative estimate of drug-likeness (QED) is 0.0740. The number of nitriles is 3. The maximum Gasteiger partial charge on any atom is 0.494 e. The normalized spacial score (nSPS) is 14.6. The maximum absolute atomic E-state index is 10.4. The van der Waals surface area contributed by atoms with E-state index in [1.165, 1.54) is 11.1 Å². The Balaban J connectivity index is 0.000000163. The minimum absolute atomic E-state index is 0.150. The molecule has 0 spiro atoms. The molecule has 13 aromatic rings. The molecule has 5 heterocycles. The number of hydrogen-bond acceptors (Lipinski definition) is 13. The molecule has 0 unspecified atom stereocenters. The summed E-state index contributed by atoms with van der Waals surface area (Å²) in [4.78, 5) is 28.4. The molecule has 0 N–H and O–H groups in total. The summed E-state index contributed by atoms with van der Waals surface area (Å²) < 4.78 is 24.8. The van der Waals surface area contributed by atoms with Gasteiger partial charge < -0.3 is 18.6 Å². The first-order chi connectivity index (χ1) is 52.3. The van der Waals surface area contributed by atoms with Crippen LogP contribution < -0.4 is 10.9 Å². The first kappa shape index (κ1) is 75.4. The van der Waals surface area contributed by atoms with Crippen molar-refractivity contribution in [2.45, 2.75) is 116 Å². The Kier molecular flexibility index (Phi) is 21.6. The van der Waals surface area contributed by atoms with E-state index in [1.54, 1.807) is 0 Å². The van der Waals surface area contributed by atoms with Gasteiger partial charge in [-0.05, 0) is 88.6 Å². The van der Waals surface area contributed by atoms with Crippen LogP contribution in [0.3, 0.4) is 0 Å². The highest BCUT2D eigenvalue weighted by atomic mass is 35.5. The molecule has 109 heavy (non-hydrogen) atoms. The minimum atomic E-state index is -0.376. The second kappa shape index (κ2) is 31.2. The van der Waals surface area contributed by atoms with Crippen LogP contribution in [0.1, 0.15) is 122 Å². The lowest BCUT2D eigenvalue weighted by molar-refractivity contribution is 0.00578. The highest BCUT2D eigenvalue weighted by molar-refractivity contribution is 6.62. The molecule has 13 nitrogen and oxygen atoms in total. The fourth-order valence-electron chi connectivity index (χ4n) is 13.1. The highest BCUT2D eigenvalue weighted by Crippen LogP contribution is 2.42. The van der Waals surface area contributed by atoms with Crippen molar-refractivity contribution >= 4 is 36.8 Å². The molecule has 2 aliphatic rings. The lowest BCUT2D eigenvalue weighted by atomic mass is 9.73. The van der Waals surface area contributed by atoms with Gasteiger partial charge in [0.25, 0.3) is 0 Å². The summed E-state index contributed by atoms with van der Waals surface area (Å²) >= 11 is 6.16. The van der Waals surface area contributed by atoms with Crippen LogP contribution in [0.25, 0.3) is 90.5 Å². The average molecular weight is 1450 g/mol. The summed E-state index contributed by atoms with van der Waals surface area (Å²) in [6.45, 7) is 25.5. The van der Waals surface area contributed by atoms with Crippen LogP contribution >= 0.6 is 11.6 Å². The summed E-state index contributed by atoms with van der Waals surface area (Å²) in [6.07, 6.45) is 0. The zero-order chi connectivity index (χ0) is 76.9. The average Bonchev–Trinajstić information content (AvgIpc) is 1.68. The minimum Gasteiger partial charge on any atom is -0.399 e. The zero-order valence-corrected chi connectivity index (χ0v) is 64.0. The van der Waals surface area contributed by atoms with E-state index in [0.29, 0.717) is 62.6 Å². The molecular formula is C93H82B2ClN9O4. The van der Waals surface area contributed by atoms with Gasteiger partial charge in [0.05, 0.1) is 50.9 Å². The molecule has 0 atom stereocenters. The van der Waals surface area contributed by atoms with E-state index >= 15 is 0 Å². The Hall–Kier alpha value is -11.8. The topological polar surface area (TPSA) is 186 Å². The maximum atomic E-state index is 10.4. The molecule has 10 aromatic carbocycles. The Morgan fingerprint density at radius 2 is 0.477 bits per heavy atom. The molecule has 3 aromatic heterocycles. The number of nitrogens with zero attached hydrogens (tertiary/aromatic N) is 9. The largest absolute Gasteiger partial charge is 0.494 e. The van der Waals surface area contributed by atoms with E-state index in [1.807, 2.05) is 206 Å². The Morgan fingerprint density at radius 1 is 0.275 bits per heavy atom. The van der Waals surface area contributed by atoms with Crippen molar-refractivity contribution < 1.29 is 18.6 Å². The lowest BCUT2D eigenvalue weighted by Crippen LogP contribution is -2.41. The van der Waals surface area contributed by atoms with Crippen LogP contribution in [0.15, 0.2) is 279 Å². The van der Waals surface area contributed by atoms with Crippen LogP contribution in [0, 0.1) is 34.0 Å². The smallest absolute Gasteiger partial charge is 0.399 e. The molecule has 2 aliphatic heterocycles. The third kappa shape index (κ3) is 15.8. The first-order valence-corrected chi connectivity index (χ1v) is 36.8. The molecule has 0 saturated carbocycles. The SMILES string of the molecule is CC(C)(c1ccc(-c2nc(-c3ccccc3)nc(-c3ccccc3)c2C#N)cc1)c1ccc(-c2nc(-c3ccccc3)nc(-c3ccccc3)c2C#N)cc1.CC(C)(c1ccc(B2OC(C)(C)C(C)(C)O2)cc1)c1ccc(B2OC(C)(C)C(C)(C)O2)cc1.N#Cc1c(Cl)nc(-c2ccccc2)nc1-c1ccccc1. The van der Waals surface area contributed by atoms with Crippen molar-refractivity contribution in [1.82, 2.24) is 29.9 Å².